The van der Waals surface area contributed by atoms with Gasteiger partial charge in [-0.1, -0.05) is 6.92 Å². The Morgan fingerprint density at radius 2 is 2.13 bits per heavy atom. The van der Waals surface area contributed by atoms with E-state index in [4.69, 9.17) is 9.47 Å². The topological polar surface area (TPSA) is 62.2 Å². The number of nitrogens with zero attached hydrogens (tertiary/aromatic N) is 2. The fourth-order valence-corrected chi connectivity index (χ4v) is 4.67. The lowest BCUT2D eigenvalue weighted by Gasteiger charge is -2.37. The molecule has 0 fully saturated rings. The highest BCUT2D eigenvalue weighted by Gasteiger charge is 2.33. The number of methoxy groups -OCH3 is 1. The van der Waals surface area contributed by atoms with Crippen molar-refractivity contribution < 1.29 is 23.8 Å². The Morgan fingerprint density at radius 3 is 2.84 bits per heavy atom. The lowest BCUT2D eigenvalue weighted by molar-refractivity contribution is -0.136. The first-order valence-electron chi connectivity index (χ1n) is 10.6. The van der Waals surface area contributed by atoms with E-state index in [0.29, 0.717) is 45.0 Å². The van der Waals surface area contributed by atoms with Crippen LogP contribution in [0.5, 0.6) is 5.75 Å². The quantitative estimate of drug-likeness (QED) is 0.570. The highest BCUT2D eigenvalue weighted by molar-refractivity contribution is 7.10. The number of fused-ring (bicyclic) bond motifs is 1. The largest absolute Gasteiger partial charge is 0.491 e. The molecule has 0 spiro atoms. The summed E-state index contributed by atoms with van der Waals surface area (Å²) in [5.74, 6) is 0.264. The Bertz CT molecular complexity index is 829. The zero-order chi connectivity index (χ0) is 22.2. The lowest BCUT2D eigenvalue weighted by Crippen LogP contribution is -2.48. The summed E-state index contributed by atoms with van der Waals surface area (Å²) < 4.78 is 24.3. The molecule has 0 bridgehead atoms. The molecule has 0 aliphatic carbocycles. The van der Waals surface area contributed by atoms with Gasteiger partial charge in [-0.3, -0.25) is 9.69 Å². The van der Waals surface area contributed by atoms with Gasteiger partial charge in [0.1, 0.15) is 18.2 Å². The molecular formula is C23H31FN2O4S. The van der Waals surface area contributed by atoms with E-state index in [-0.39, 0.29) is 24.3 Å². The summed E-state index contributed by atoms with van der Waals surface area (Å²) in [6.07, 6.45) is 0.974. The van der Waals surface area contributed by atoms with Gasteiger partial charge in [0.25, 0.3) is 0 Å². The van der Waals surface area contributed by atoms with Gasteiger partial charge in [0, 0.05) is 31.6 Å². The molecule has 1 amide bonds. The van der Waals surface area contributed by atoms with Gasteiger partial charge >= 0.3 is 0 Å². The number of halogens is 1. The van der Waals surface area contributed by atoms with Crippen molar-refractivity contribution in [3.8, 4) is 5.75 Å². The molecule has 0 radical (unpaired) electrons. The first-order valence-corrected chi connectivity index (χ1v) is 11.5. The van der Waals surface area contributed by atoms with Crippen molar-refractivity contribution >= 4 is 17.2 Å². The molecule has 2 heterocycles. The minimum absolute atomic E-state index is 0.00367. The third-order valence-corrected chi connectivity index (χ3v) is 6.54. The Morgan fingerprint density at radius 1 is 1.35 bits per heavy atom. The minimum Gasteiger partial charge on any atom is -0.491 e. The van der Waals surface area contributed by atoms with E-state index in [1.165, 1.54) is 17.0 Å². The molecule has 1 aromatic carbocycles. The number of aliphatic hydroxyl groups is 1. The maximum atomic E-state index is 13.3. The maximum absolute atomic E-state index is 13.3. The van der Waals surface area contributed by atoms with E-state index in [1.807, 2.05) is 22.1 Å². The molecule has 1 aliphatic rings. The van der Waals surface area contributed by atoms with Gasteiger partial charge in [0.15, 0.2) is 0 Å². The molecule has 1 aliphatic heterocycles. The Balaban J connectivity index is 1.71. The SMILES string of the molecule is CC[C@H](O)CN(CCOC)CC(=O)N1CCc2sccc2[C@H]1COc1ccc(F)cc1. The summed E-state index contributed by atoms with van der Waals surface area (Å²) in [6.45, 7) is 4.57. The maximum Gasteiger partial charge on any atom is 0.237 e. The molecule has 6 nitrogen and oxygen atoms in total. The van der Waals surface area contributed by atoms with Crippen molar-refractivity contribution in [2.75, 3.05) is 46.5 Å². The van der Waals surface area contributed by atoms with Crippen LogP contribution in [0.4, 0.5) is 4.39 Å². The fourth-order valence-electron chi connectivity index (χ4n) is 3.75. The van der Waals surface area contributed by atoms with Crippen LogP contribution in [0.15, 0.2) is 35.7 Å². The fraction of sp³-hybridized carbons (Fsp3) is 0.522. The Kier molecular flexibility index (Phi) is 8.83. The van der Waals surface area contributed by atoms with Gasteiger partial charge in [-0.05, 0) is 54.1 Å². The monoisotopic (exact) mass is 450 g/mol. The predicted molar refractivity (Wildman–Crippen MR) is 119 cm³/mol. The van der Waals surface area contributed by atoms with E-state index in [1.54, 1.807) is 30.6 Å². The Labute approximate surface area is 187 Å². The smallest absolute Gasteiger partial charge is 0.237 e. The molecule has 170 valence electrons. The van der Waals surface area contributed by atoms with Crippen LogP contribution >= 0.6 is 11.3 Å². The molecule has 3 rings (SSSR count). The van der Waals surface area contributed by atoms with Crippen molar-refractivity contribution in [3.63, 3.8) is 0 Å². The molecule has 8 heteroatoms. The summed E-state index contributed by atoms with van der Waals surface area (Å²) >= 11 is 1.70. The van der Waals surface area contributed by atoms with E-state index < -0.39 is 6.10 Å². The van der Waals surface area contributed by atoms with Crippen molar-refractivity contribution in [3.05, 3.63) is 52.0 Å². The molecule has 2 aromatic rings. The number of ether oxygens (including phenoxy) is 2. The Hall–Kier alpha value is -2.00. The first-order chi connectivity index (χ1) is 15.0. The van der Waals surface area contributed by atoms with E-state index in [2.05, 4.69) is 6.07 Å². The summed E-state index contributed by atoms with van der Waals surface area (Å²) in [4.78, 5) is 18.4. The average Bonchev–Trinajstić information content (AvgIpc) is 3.25. The average molecular weight is 451 g/mol. The number of thiophene rings is 1. The second kappa shape index (κ2) is 11.6. The van der Waals surface area contributed by atoms with Crippen molar-refractivity contribution in [1.29, 1.82) is 0 Å². The molecule has 0 saturated heterocycles. The summed E-state index contributed by atoms with van der Waals surface area (Å²) in [5, 5.41) is 12.1. The lowest BCUT2D eigenvalue weighted by atomic mass is 10.0. The van der Waals surface area contributed by atoms with Crippen LogP contribution in [0.25, 0.3) is 0 Å². The van der Waals surface area contributed by atoms with Crippen molar-refractivity contribution in [1.82, 2.24) is 9.80 Å². The number of benzene rings is 1. The molecule has 0 saturated carbocycles. The molecule has 1 aromatic heterocycles. The van der Waals surface area contributed by atoms with Gasteiger partial charge in [-0.25, -0.2) is 4.39 Å². The van der Waals surface area contributed by atoms with Gasteiger partial charge in [-0.15, -0.1) is 11.3 Å². The molecule has 2 atom stereocenters. The van der Waals surface area contributed by atoms with Crippen LogP contribution in [-0.4, -0.2) is 73.4 Å². The molecule has 31 heavy (non-hydrogen) atoms. The van der Waals surface area contributed by atoms with E-state index in [0.717, 1.165) is 12.0 Å². The number of carbonyl (C=O) groups excluding carboxylic acids is 1. The standard InChI is InChI=1S/C23H31FN2O4S/c1-3-18(27)14-25(11-12-29-2)15-23(28)26-10-8-22-20(9-13-31-22)21(26)16-30-19-6-4-17(24)5-7-19/h4-7,9,13,18,21,27H,3,8,10-12,14-16H2,1-2H3/t18-,21+/m0/s1. The van der Waals surface area contributed by atoms with Crippen LogP contribution in [0, 0.1) is 5.82 Å². The van der Waals surface area contributed by atoms with Gasteiger partial charge in [0.2, 0.25) is 5.91 Å². The van der Waals surface area contributed by atoms with Crippen molar-refractivity contribution in [2.24, 2.45) is 0 Å². The van der Waals surface area contributed by atoms with Gasteiger partial charge in [0.05, 0.1) is 25.3 Å². The number of amides is 1. The van der Waals surface area contributed by atoms with Crippen LogP contribution in [0.1, 0.15) is 29.8 Å². The highest BCUT2D eigenvalue weighted by Crippen LogP contribution is 2.34. The van der Waals surface area contributed by atoms with E-state index in [9.17, 15) is 14.3 Å². The first kappa shape index (κ1) is 23.7. The number of aliphatic hydroxyl groups excluding tert-OH is 1. The van der Waals surface area contributed by atoms with Gasteiger partial charge in [-0.2, -0.15) is 0 Å². The van der Waals surface area contributed by atoms with E-state index >= 15 is 0 Å². The zero-order valence-corrected chi connectivity index (χ0v) is 18.9. The zero-order valence-electron chi connectivity index (χ0n) is 18.1. The highest BCUT2D eigenvalue weighted by atomic mass is 32.1. The third-order valence-electron chi connectivity index (χ3n) is 5.55. The predicted octanol–water partition coefficient (Wildman–Crippen LogP) is 3.11. The van der Waals surface area contributed by atoms with Crippen LogP contribution < -0.4 is 4.74 Å². The number of hydrogen-bond donors (Lipinski definition) is 1. The van der Waals surface area contributed by atoms with Crippen LogP contribution in [0.3, 0.4) is 0 Å². The number of carbonyl (C=O) groups is 1. The minimum atomic E-state index is -0.480. The summed E-state index contributed by atoms with van der Waals surface area (Å²) in [5.41, 5.74) is 1.11. The second-order valence-corrected chi connectivity index (χ2v) is 8.71. The van der Waals surface area contributed by atoms with Gasteiger partial charge < -0.3 is 19.5 Å². The molecular weight excluding hydrogens is 419 g/mol. The van der Waals surface area contributed by atoms with Crippen molar-refractivity contribution in [2.45, 2.75) is 31.9 Å². The van der Waals surface area contributed by atoms with Crippen LogP contribution in [0.2, 0.25) is 0 Å². The third kappa shape index (κ3) is 6.49. The number of rotatable bonds is 11. The summed E-state index contributed by atoms with van der Waals surface area (Å²) in [7, 11) is 1.63. The molecule has 1 N–H and O–H groups in total. The van der Waals surface area contributed by atoms with Crippen LogP contribution in [-0.2, 0) is 16.0 Å². The normalized spacial score (nSPS) is 16.9. The summed E-state index contributed by atoms with van der Waals surface area (Å²) in [6, 6.07) is 7.77. The molecule has 0 unspecified atom stereocenters. The second-order valence-electron chi connectivity index (χ2n) is 7.71. The number of hydrogen-bond acceptors (Lipinski definition) is 6.